The standard InChI is InChI=1S/C12H12N2O3/c1-7(15)13-9-4-2-3-8-5-6-10(14-17)12(16)11(8)9/h2-4,17H,5-6H2,1H3,(H,13,15)/b14-10+. The van der Waals surface area contributed by atoms with Crippen molar-refractivity contribution in [1.82, 2.24) is 0 Å². The average Bonchev–Trinajstić information content (AvgIpc) is 2.29. The van der Waals surface area contributed by atoms with E-state index in [2.05, 4.69) is 10.5 Å². The van der Waals surface area contributed by atoms with Gasteiger partial charge in [0.1, 0.15) is 5.71 Å². The highest BCUT2D eigenvalue weighted by Gasteiger charge is 2.26. The molecule has 0 unspecified atom stereocenters. The van der Waals surface area contributed by atoms with E-state index >= 15 is 0 Å². The zero-order chi connectivity index (χ0) is 12.4. The van der Waals surface area contributed by atoms with E-state index in [9.17, 15) is 9.59 Å². The zero-order valence-electron chi connectivity index (χ0n) is 9.36. The van der Waals surface area contributed by atoms with Gasteiger partial charge in [0.15, 0.2) is 0 Å². The minimum absolute atomic E-state index is 0.135. The van der Waals surface area contributed by atoms with Gasteiger partial charge in [-0.3, -0.25) is 9.59 Å². The van der Waals surface area contributed by atoms with Gasteiger partial charge in [-0.05, 0) is 18.1 Å². The van der Waals surface area contributed by atoms with Gasteiger partial charge in [0.25, 0.3) is 0 Å². The van der Waals surface area contributed by atoms with Crippen molar-refractivity contribution in [1.29, 1.82) is 0 Å². The second-order valence-corrected chi connectivity index (χ2v) is 3.90. The topological polar surface area (TPSA) is 78.8 Å². The number of carbonyl (C=O) groups is 2. The molecule has 88 valence electrons. The third kappa shape index (κ3) is 2.04. The second-order valence-electron chi connectivity index (χ2n) is 3.90. The lowest BCUT2D eigenvalue weighted by molar-refractivity contribution is -0.114. The molecule has 1 amide bonds. The monoisotopic (exact) mass is 232 g/mol. The summed E-state index contributed by atoms with van der Waals surface area (Å²) in [6.07, 6.45) is 1.06. The van der Waals surface area contributed by atoms with Gasteiger partial charge in [0, 0.05) is 13.3 Å². The Kier molecular flexibility index (Phi) is 2.91. The van der Waals surface area contributed by atoms with Crippen LogP contribution in [0.2, 0.25) is 0 Å². The Morgan fingerprint density at radius 2 is 2.18 bits per heavy atom. The van der Waals surface area contributed by atoms with Crippen molar-refractivity contribution in [2.75, 3.05) is 5.32 Å². The number of ketones is 1. The van der Waals surface area contributed by atoms with Crippen molar-refractivity contribution in [2.45, 2.75) is 19.8 Å². The molecule has 0 aromatic heterocycles. The number of Topliss-reactive ketones (excluding diaryl/α,β-unsaturated/α-hetero) is 1. The summed E-state index contributed by atoms with van der Waals surface area (Å²) in [6.45, 7) is 1.38. The summed E-state index contributed by atoms with van der Waals surface area (Å²) in [5.74, 6) is -0.558. The first kappa shape index (κ1) is 11.3. The number of fused-ring (bicyclic) bond motifs is 1. The Balaban J connectivity index is 2.52. The highest BCUT2D eigenvalue weighted by molar-refractivity contribution is 6.48. The number of carbonyl (C=O) groups excluding carboxylic acids is 2. The van der Waals surface area contributed by atoms with Gasteiger partial charge in [0.2, 0.25) is 11.7 Å². The van der Waals surface area contributed by atoms with E-state index in [4.69, 9.17) is 5.21 Å². The molecule has 2 N–H and O–H groups in total. The molecule has 0 saturated carbocycles. The van der Waals surface area contributed by atoms with Crippen LogP contribution >= 0.6 is 0 Å². The van der Waals surface area contributed by atoms with Gasteiger partial charge >= 0.3 is 0 Å². The molecular weight excluding hydrogens is 220 g/mol. The van der Waals surface area contributed by atoms with Crippen LogP contribution in [0.3, 0.4) is 0 Å². The minimum Gasteiger partial charge on any atom is -0.411 e. The smallest absolute Gasteiger partial charge is 0.221 e. The van der Waals surface area contributed by atoms with Crippen molar-refractivity contribution in [3.8, 4) is 0 Å². The highest BCUT2D eigenvalue weighted by Crippen LogP contribution is 2.26. The first-order valence-electron chi connectivity index (χ1n) is 5.28. The highest BCUT2D eigenvalue weighted by atomic mass is 16.4. The lowest BCUT2D eigenvalue weighted by Gasteiger charge is -2.18. The third-order valence-electron chi connectivity index (χ3n) is 2.70. The summed E-state index contributed by atoms with van der Waals surface area (Å²) in [7, 11) is 0. The molecule has 0 aliphatic heterocycles. The third-order valence-corrected chi connectivity index (χ3v) is 2.70. The maximum absolute atomic E-state index is 12.0. The number of oxime groups is 1. The fourth-order valence-corrected chi connectivity index (χ4v) is 1.98. The van der Waals surface area contributed by atoms with Crippen LogP contribution in [-0.2, 0) is 11.2 Å². The Hall–Kier alpha value is -2.17. The van der Waals surface area contributed by atoms with Crippen LogP contribution < -0.4 is 5.32 Å². The fraction of sp³-hybridized carbons (Fsp3) is 0.250. The molecule has 0 fully saturated rings. The molecule has 0 radical (unpaired) electrons. The van der Waals surface area contributed by atoms with Gasteiger partial charge in [0.05, 0.1) is 11.3 Å². The van der Waals surface area contributed by atoms with Crippen LogP contribution in [0.25, 0.3) is 0 Å². The molecule has 0 bridgehead atoms. The normalized spacial score (nSPS) is 16.8. The van der Waals surface area contributed by atoms with Crippen LogP contribution in [-0.4, -0.2) is 22.6 Å². The molecule has 1 aliphatic rings. The molecule has 1 aromatic rings. The van der Waals surface area contributed by atoms with Crippen LogP contribution in [0.4, 0.5) is 5.69 Å². The van der Waals surface area contributed by atoms with E-state index in [0.29, 0.717) is 24.1 Å². The zero-order valence-corrected chi connectivity index (χ0v) is 9.36. The van der Waals surface area contributed by atoms with E-state index in [-0.39, 0.29) is 17.4 Å². The molecule has 0 atom stereocenters. The van der Waals surface area contributed by atoms with Crippen molar-refractivity contribution >= 4 is 23.1 Å². The molecule has 5 nitrogen and oxygen atoms in total. The van der Waals surface area contributed by atoms with Crippen LogP contribution in [0.5, 0.6) is 0 Å². The van der Waals surface area contributed by atoms with Gasteiger partial charge in [-0.25, -0.2) is 0 Å². The summed E-state index contributed by atoms with van der Waals surface area (Å²) in [5.41, 5.74) is 1.91. The molecule has 0 heterocycles. The maximum atomic E-state index is 12.0. The molecular formula is C12H12N2O3. The number of benzene rings is 1. The van der Waals surface area contributed by atoms with E-state index in [0.717, 1.165) is 5.56 Å². The molecule has 1 aliphatic carbocycles. The van der Waals surface area contributed by atoms with Gasteiger partial charge in [-0.2, -0.15) is 0 Å². The quantitative estimate of drug-likeness (QED) is 0.570. The van der Waals surface area contributed by atoms with Crippen LogP contribution in [0, 0.1) is 0 Å². The predicted molar refractivity (Wildman–Crippen MR) is 62.6 cm³/mol. The maximum Gasteiger partial charge on any atom is 0.221 e. The Morgan fingerprint density at radius 1 is 1.41 bits per heavy atom. The molecule has 2 rings (SSSR count). The Bertz CT molecular complexity index is 520. The van der Waals surface area contributed by atoms with E-state index in [1.807, 2.05) is 6.07 Å². The number of nitrogens with one attached hydrogen (secondary N) is 1. The van der Waals surface area contributed by atoms with Gasteiger partial charge in [-0.1, -0.05) is 17.3 Å². The first-order chi connectivity index (χ1) is 8.13. The van der Waals surface area contributed by atoms with Crippen molar-refractivity contribution < 1.29 is 14.8 Å². The van der Waals surface area contributed by atoms with Crippen LogP contribution in [0.15, 0.2) is 23.4 Å². The number of nitrogens with zero attached hydrogens (tertiary/aromatic N) is 1. The average molecular weight is 232 g/mol. The number of hydrogen-bond donors (Lipinski definition) is 2. The molecule has 1 aromatic carbocycles. The van der Waals surface area contributed by atoms with Crippen LogP contribution in [0.1, 0.15) is 29.3 Å². The summed E-state index contributed by atoms with van der Waals surface area (Å²) in [5, 5.41) is 14.4. The minimum atomic E-state index is -0.321. The van der Waals surface area contributed by atoms with E-state index in [1.165, 1.54) is 6.92 Å². The largest absolute Gasteiger partial charge is 0.411 e. The summed E-state index contributed by atoms with van der Waals surface area (Å²) in [6, 6.07) is 5.30. The number of aryl methyl sites for hydroxylation is 1. The number of amides is 1. The van der Waals surface area contributed by atoms with E-state index in [1.54, 1.807) is 12.1 Å². The summed E-state index contributed by atoms with van der Waals surface area (Å²) in [4.78, 5) is 23.1. The molecule has 0 saturated heterocycles. The van der Waals surface area contributed by atoms with Crippen molar-refractivity contribution in [2.24, 2.45) is 5.16 Å². The summed E-state index contributed by atoms with van der Waals surface area (Å²) >= 11 is 0. The SMILES string of the molecule is CC(=O)Nc1cccc2c1C(=O)/C(=N/O)CC2. The van der Waals surface area contributed by atoms with Crippen molar-refractivity contribution in [3.63, 3.8) is 0 Å². The lowest BCUT2D eigenvalue weighted by atomic mass is 9.88. The number of hydrogen-bond acceptors (Lipinski definition) is 4. The molecule has 0 spiro atoms. The van der Waals surface area contributed by atoms with Crippen molar-refractivity contribution in [3.05, 3.63) is 29.3 Å². The predicted octanol–water partition coefficient (Wildman–Crippen LogP) is 1.60. The Labute approximate surface area is 98.1 Å². The fourth-order valence-electron chi connectivity index (χ4n) is 1.98. The second kappa shape index (κ2) is 4.37. The van der Waals surface area contributed by atoms with Gasteiger partial charge in [-0.15, -0.1) is 0 Å². The summed E-state index contributed by atoms with van der Waals surface area (Å²) < 4.78 is 0. The number of anilines is 1. The van der Waals surface area contributed by atoms with Gasteiger partial charge < -0.3 is 10.5 Å². The lowest BCUT2D eigenvalue weighted by Crippen LogP contribution is -2.24. The number of rotatable bonds is 1. The van der Waals surface area contributed by atoms with E-state index < -0.39 is 0 Å². The Morgan fingerprint density at radius 3 is 2.82 bits per heavy atom. The molecule has 17 heavy (non-hydrogen) atoms. The molecule has 5 heteroatoms. The first-order valence-corrected chi connectivity index (χ1v) is 5.28.